The summed E-state index contributed by atoms with van der Waals surface area (Å²) in [5.74, 6) is 0. The summed E-state index contributed by atoms with van der Waals surface area (Å²) in [4.78, 5) is 2.30. The van der Waals surface area contributed by atoms with Gasteiger partial charge in [-0.05, 0) is 26.3 Å². The van der Waals surface area contributed by atoms with Gasteiger partial charge in [0.1, 0.15) is 6.17 Å². The molecule has 0 saturated carbocycles. The molecule has 0 bridgehead atoms. The normalized spacial score (nSPS) is 44.0. The largest absolute Gasteiger partial charge is 0.313 e. The van der Waals surface area contributed by atoms with Crippen LogP contribution in [0.5, 0.6) is 0 Å². The number of nitrogens with one attached hydrogen (secondary N) is 1. The highest BCUT2D eigenvalue weighted by Crippen LogP contribution is 2.21. The van der Waals surface area contributed by atoms with Crippen LogP contribution < -0.4 is 5.32 Å². The first-order chi connectivity index (χ1) is 5.77. The van der Waals surface area contributed by atoms with Gasteiger partial charge in [-0.25, -0.2) is 4.39 Å². The summed E-state index contributed by atoms with van der Waals surface area (Å²) in [6, 6.07) is 1.14. The van der Waals surface area contributed by atoms with Gasteiger partial charge in [0.25, 0.3) is 0 Å². The Hall–Kier alpha value is -0.150. The minimum Gasteiger partial charge on any atom is -0.313 e. The average molecular weight is 172 g/mol. The highest BCUT2D eigenvalue weighted by atomic mass is 19.1. The minimum absolute atomic E-state index is 0.551. The molecule has 0 radical (unpaired) electrons. The van der Waals surface area contributed by atoms with E-state index in [-0.39, 0.29) is 0 Å². The molecule has 2 saturated heterocycles. The summed E-state index contributed by atoms with van der Waals surface area (Å²) in [5.41, 5.74) is 0. The molecule has 70 valence electrons. The van der Waals surface area contributed by atoms with Crippen molar-refractivity contribution in [1.29, 1.82) is 0 Å². The molecule has 12 heavy (non-hydrogen) atoms. The molecule has 0 aromatic carbocycles. The van der Waals surface area contributed by atoms with Crippen molar-refractivity contribution >= 4 is 0 Å². The van der Waals surface area contributed by atoms with Gasteiger partial charge in [-0.15, -0.1) is 0 Å². The minimum atomic E-state index is -0.571. The zero-order valence-electron chi connectivity index (χ0n) is 7.59. The van der Waals surface area contributed by atoms with E-state index in [9.17, 15) is 4.39 Å². The molecule has 2 aliphatic heterocycles. The van der Waals surface area contributed by atoms with Crippen LogP contribution in [0, 0.1) is 0 Å². The number of likely N-dealkylation sites (tertiary alicyclic amines) is 1. The molecule has 3 atom stereocenters. The van der Waals surface area contributed by atoms with Crippen molar-refractivity contribution in [3.8, 4) is 0 Å². The molecular weight excluding hydrogens is 155 g/mol. The van der Waals surface area contributed by atoms with Gasteiger partial charge in [0.2, 0.25) is 0 Å². The van der Waals surface area contributed by atoms with E-state index in [0.717, 1.165) is 19.5 Å². The maximum atomic E-state index is 12.9. The Morgan fingerprint density at radius 2 is 2.25 bits per heavy atom. The molecular formula is C9H17FN2. The fourth-order valence-corrected chi connectivity index (χ4v) is 2.39. The second-order valence-electron chi connectivity index (χ2n) is 3.98. The lowest BCUT2D eigenvalue weighted by atomic mass is 10.1. The Morgan fingerprint density at radius 3 is 2.75 bits per heavy atom. The smallest absolute Gasteiger partial charge is 0.114 e. The van der Waals surface area contributed by atoms with E-state index in [1.165, 1.54) is 6.42 Å². The van der Waals surface area contributed by atoms with Crippen LogP contribution in [0.3, 0.4) is 0 Å². The first-order valence-electron chi connectivity index (χ1n) is 4.89. The van der Waals surface area contributed by atoms with Crippen molar-refractivity contribution in [3.05, 3.63) is 0 Å². The number of hydrogen-bond acceptors (Lipinski definition) is 2. The van der Waals surface area contributed by atoms with E-state index in [4.69, 9.17) is 0 Å². The Morgan fingerprint density at radius 1 is 1.42 bits per heavy atom. The average Bonchev–Trinajstić information content (AvgIpc) is 2.58. The van der Waals surface area contributed by atoms with E-state index in [0.29, 0.717) is 18.6 Å². The van der Waals surface area contributed by atoms with Gasteiger partial charge in [0, 0.05) is 25.2 Å². The molecule has 2 heterocycles. The molecule has 2 fully saturated rings. The number of rotatable bonds is 1. The van der Waals surface area contributed by atoms with E-state index in [1.54, 1.807) is 0 Å². The fraction of sp³-hybridized carbons (Fsp3) is 1.00. The van der Waals surface area contributed by atoms with Crippen LogP contribution in [0.2, 0.25) is 0 Å². The Balaban J connectivity index is 1.91. The molecule has 0 aliphatic carbocycles. The van der Waals surface area contributed by atoms with Crippen LogP contribution in [-0.2, 0) is 0 Å². The highest BCUT2D eigenvalue weighted by Gasteiger charge is 2.33. The van der Waals surface area contributed by atoms with Gasteiger partial charge in [0.15, 0.2) is 0 Å². The van der Waals surface area contributed by atoms with Crippen molar-refractivity contribution < 1.29 is 4.39 Å². The van der Waals surface area contributed by atoms with Crippen LogP contribution >= 0.6 is 0 Å². The summed E-state index contributed by atoms with van der Waals surface area (Å²) in [5, 5.41) is 3.40. The maximum Gasteiger partial charge on any atom is 0.114 e. The van der Waals surface area contributed by atoms with Gasteiger partial charge < -0.3 is 5.32 Å². The molecule has 2 nitrogen and oxygen atoms in total. The standard InChI is InChI=1S/C9H17FN2/c1-7-9(2-4-11-7)12-5-3-8(10)6-12/h7-9,11H,2-6H2,1H3. The summed E-state index contributed by atoms with van der Waals surface area (Å²) in [6.07, 6.45) is 1.36. The van der Waals surface area contributed by atoms with E-state index in [2.05, 4.69) is 17.1 Å². The lowest BCUT2D eigenvalue weighted by Gasteiger charge is -2.26. The van der Waals surface area contributed by atoms with Gasteiger partial charge in [-0.1, -0.05) is 0 Å². The number of halogens is 1. The van der Waals surface area contributed by atoms with Crippen LogP contribution in [0.25, 0.3) is 0 Å². The zero-order chi connectivity index (χ0) is 8.55. The van der Waals surface area contributed by atoms with Crippen LogP contribution in [0.4, 0.5) is 4.39 Å². The molecule has 1 N–H and O–H groups in total. The number of nitrogens with zero attached hydrogens (tertiary/aromatic N) is 1. The van der Waals surface area contributed by atoms with Crippen molar-refractivity contribution in [3.63, 3.8) is 0 Å². The monoisotopic (exact) mass is 172 g/mol. The number of alkyl halides is 1. The molecule has 0 aromatic heterocycles. The predicted molar refractivity (Wildman–Crippen MR) is 47.0 cm³/mol. The lowest BCUT2D eigenvalue weighted by molar-refractivity contribution is 0.210. The third-order valence-electron chi connectivity index (χ3n) is 3.11. The van der Waals surface area contributed by atoms with E-state index in [1.807, 2.05) is 0 Å². The lowest BCUT2D eigenvalue weighted by Crippen LogP contribution is -2.41. The quantitative estimate of drug-likeness (QED) is 0.629. The summed E-state index contributed by atoms with van der Waals surface area (Å²) < 4.78 is 12.9. The predicted octanol–water partition coefficient (Wildman–Crippen LogP) is 0.781. The Kier molecular flexibility index (Phi) is 2.33. The third kappa shape index (κ3) is 1.48. The molecule has 2 aliphatic rings. The molecule has 2 rings (SSSR count). The van der Waals surface area contributed by atoms with Crippen LogP contribution in [-0.4, -0.2) is 42.8 Å². The zero-order valence-corrected chi connectivity index (χ0v) is 7.59. The second kappa shape index (κ2) is 3.30. The van der Waals surface area contributed by atoms with Crippen molar-refractivity contribution in [2.45, 2.75) is 38.0 Å². The Bertz CT molecular complexity index is 163. The van der Waals surface area contributed by atoms with Crippen LogP contribution in [0.15, 0.2) is 0 Å². The van der Waals surface area contributed by atoms with Gasteiger partial charge in [0.05, 0.1) is 0 Å². The molecule has 0 aromatic rings. The molecule has 3 unspecified atom stereocenters. The van der Waals surface area contributed by atoms with Crippen molar-refractivity contribution in [2.75, 3.05) is 19.6 Å². The van der Waals surface area contributed by atoms with E-state index >= 15 is 0 Å². The van der Waals surface area contributed by atoms with Gasteiger partial charge in [-0.2, -0.15) is 0 Å². The van der Waals surface area contributed by atoms with Gasteiger partial charge >= 0.3 is 0 Å². The molecule has 3 heteroatoms. The first kappa shape index (κ1) is 8.45. The summed E-state index contributed by atoms with van der Waals surface area (Å²) in [6.45, 7) is 4.91. The van der Waals surface area contributed by atoms with Gasteiger partial charge in [-0.3, -0.25) is 4.90 Å². The topological polar surface area (TPSA) is 15.3 Å². The highest BCUT2D eigenvalue weighted by molar-refractivity contribution is 4.91. The summed E-state index contributed by atoms with van der Waals surface area (Å²) in [7, 11) is 0. The van der Waals surface area contributed by atoms with Crippen LogP contribution in [0.1, 0.15) is 19.8 Å². The Labute approximate surface area is 73.1 Å². The molecule has 0 amide bonds. The molecule has 0 spiro atoms. The van der Waals surface area contributed by atoms with Crippen molar-refractivity contribution in [2.24, 2.45) is 0 Å². The first-order valence-corrected chi connectivity index (χ1v) is 4.89. The van der Waals surface area contributed by atoms with Crippen molar-refractivity contribution in [1.82, 2.24) is 10.2 Å². The number of hydrogen-bond donors (Lipinski definition) is 1. The second-order valence-corrected chi connectivity index (χ2v) is 3.98. The third-order valence-corrected chi connectivity index (χ3v) is 3.11. The SMILES string of the molecule is CC1NCCC1N1CCC(F)C1. The maximum absolute atomic E-state index is 12.9. The fourth-order valence-electron chi connectivity index (χ4n) is 2.39. The summed E-state index contributed by atoms with van der Waals surface area (Å²) >= 11 is 0. The van der Waals surface area contributed by atoms with E-state index < -0.39 is 6.17 Å².